The summed E-state index contributed by atoms with van der Waals surface area (Å²) >= 11 is 4.78. The number of carbonyl (C=O) groups is 3. The van der Waals surface area contributed by atoms with Crippen molar-refractivity contribution in [1.29, 1.82) is 0 Å². The van der Waals surface area contributed by atoms with Crippen LogP contribution in [0.25, 0.3) is 17.0 Å². The summed E-state index contributed by atoms with van der Waals surface area (Å²) < 4.78 is 0.805. The SMILES string of the molecule is O=C(CSc1cccc(NC(=O)/C(=C/c2c[nH]c3ccccc23)NC(=O)c2ccccc2)c1)Nc1ccccc1Br. The Bertz CT molecular complexity index is 1750. The van der Waals surface area contributed by atoms with E-state index in [-0.39, 0.29) is 17.4 Å². The molecule has 1 aromatic heterocycles. The lowest BCUT2D eigenvalue weighted by Gasteiger charge is -2.12. The zero-order chi connectivity index (χ0) is 28.6. The number of H-pyrrole nitrogens is 1. The van der Waals surface area contributed by atoms with Gasteiger partial charge in [0.15, 0.2) is 0 Å². The topological polar surface area (TPSA) is 103 Å². The second-order valence-corrected chi connectivity index (χ2v) is 10.9. The minimum absolute atomic E-state index is 0.0921. The number of benzene rings is 4. The molecule has 3 amide bonds. The Morgan fingerprint density at radius 3 is 2.41 bits per heavy atom. The van der Waals surface area contributed by atoms with E-state index in [2.05, 4.69) is 36.9 Å². The van der Waals surface area contributed by atoms with E-state index in [0.717, 1.165) is 25.8 Å². The standard InChI is InChI=1S/C32H25BrN4O3S/c33-26-14-5-7-16-28(26)36-30(38)20-41-24-12-8-11-23(18-24)35-32(40)29(37-31(39)21-9-2-1-3-10-21)17-22-19-34-27-15-6-4-13-25(22)27/h1-19,34H,20H2,(H,35,40)(H,36,38)(H,37,39)/b29-17-. The highest BCUT2D eigenvalue weighted by atomic mass is 79.9. The van der Waals surface area contributed by atoms with Crippen molar-refractivity contribution in [3.63, 3.8) is 0 Å². The summed E-state index contributed by atoms with van der Waals surface area (Å²) in [5.41, 5.74) is 3.44. The molecule has 1 heterocycles. The second-order valence-electron chi connectivity index (χ2n) is 8.97. The van der Waals surface area contributed by atoms with Crippen molar-refractivity contribution < 1.29 is 14.4 Å². The first-order valence-corrected chi connectivity index (χ1v) is 14.5. The smallest absolute Gasteiger partial charge is 0.272 e. The normalized spacial score (nSPS) is 11.2. The van der Waals surface area contributed by atoms with Gasteiger partial charge in [-0.1, -0.05) is 54.6 Å². The molecule has 0 fully saturated rings. The Balaban J connectivity index is 1.31. The fourth-order valence-electron chi connectivity index (χ4n) is 4.07. The number of hydrogen-bond acceptors (Lipinski definition) is 4. The zero-order valence-corrected chi connectivity index (χ0v) is 24.1. The van der Waals surface area contributed by atoms with Gasteiger partial charge >= 0.3 is 0 Å². The van der Waals surface area contributed by atoms with Gasteiger partial charge in [0, 0.05) is 43.3 Å². The molecule has 0 spiro atoms. The second kappa shape index (κ2) is 13.2. The summed E-state index contributed by atoms with van der Waals surface area (Å²) in [6.45, 7) is 0. The summed E-state index contributed by atoms with van der Waals surface area (Å²) in [6.07, 6.45) is 3.45. The number of thioether (sulfide) groups is 1. The van der Waals surface area contributed by atoms with Crippen molar-refractivity contribution in [3.8, 4) is 0 Å². The molecule has 0 atom stereocenters. The maximum atomic E-state index is 13.5. The number of rotatable bonds is 9. The number of carbonyl (C=O) groups excluding carboxylic acids is 3. The van der Waals surface area contributed by atoms with E-state index in [1.807, 2.05) is 60.7 Å². The highest BCUT2D eigenvalue weighted by Crippen LogP contribution is 2.25. The number of hydrogen-bond donors (Lipinski definition) is 4. The fraction of sp³-hybridized carbons (Fsp3) is 0.0312. The lowest BCUT2D eigenvalue weighted by Crippen LogP contribution is -2.30. The van der Waals surface area contributed by atoms with E-state index in [4.69, 9.17) is 0 Å². The molecule has 0 saturated heterocycles. The zero-order valence-electron chi connectivity index (χ0n) is 21.7. The summed E-state index contributed by atoms with van der Waals surface area (Å²) in [7, 11) is 0. The van der Waals surface area contributed by atoms with Gasteiger partial charge in [-0.25, -0.2) is 0 Å². The average Bonchev–Trinajstić information content (AvgIpc) is 3.40. The van der Waals surface area contributed by atoms with Crippen LogP contribution in [0.3, 0.4) is 0 Å². The van der Waals surface area contributed by atoms with Gasteiger partial charge in [0.1, 0.15) is 5.70 Å². The van der Waals surface area contributed by atoms with Crippen LogP contribution in [0.4, 0.5) is 11.4 Å². The molecule has 5 rings (SSSR count). The molecule has 41 heavy (non-hydrogen) atoms. The fourth-order valence-corrected chi connectivity index (χ4v) is 5.21. The molecule has 4 aromatic carbocycles. The van der Waals surface area contributed by atoms with E-state index in [1.165, 1.54) is 11.8 Å². The number of halogens is 1. The van der Waals surface area contributed by atoms with Crippen molar-refractivity contribution in [3.05, 3.63) is 131 Å². The lowest BCUT2D eigenvalue weighted by atomic mass is 10.1. The monoisotopic (exact) mass is 624 g/mol. The summed E-state index contributed by atoms with van der Waals surface area (Å²) in [5, 5.41) is 9.46. The van der Waals surface area contributed by atoms with Crippen molar-refractivity contribution in [2.24, 2.45) is 0 Å². The highest BCUT2D eigenvalue weighted by molar-refractivity contribution is 9.10. The van der Waals surface area contributed by atoms with Gasteiger partial charge in [-0.05, 0) is 70.5 Å². The molecule has 5 aromatic rings. The summed E-state index contributed by atoms with van der Waals surface area (Å²) in [6, 6.07) is 31.1. The van der Waals surface area contributed by atoms with E-state index in [0.29, 0.717) is 16.9 Å². The van der Waals surface area contributed by atoms with Gasteiger partial charge in [-0.15, -0.1) is 11.8 Å². The predicted molar refractivity (Wildman–Crippen MR) is 169 cm³/mol. The molecule has 0 aliphatic carbocycles. The van der Waals surface area contributed by atoms with Crippen molar-refractivity contribution in [1.82, 2.24) is 10.3 Å². The van der Waals surface area contributed by atoms with E-state index in [1.54, 1.807) is 54.7 Å². The number of nitrogens with one attached hydrogen (secondary N) is 4. The van der Waals surface area contributed by atoms with Crippen LogP contribution in [0.5, 0.6) is 0 Å². The Hall–Kier alpha value is -4.60. The first-order chi connectivity index (χ1) is 20.0. The lowest BCUT2D eigenvalue weighted by molar-refractivity contribution is -0.114. The van der Waals surface area contributed by atoms with E-state index >= 15 is 0 Å². The highest BCUT2D eigenvalue weighted by Gasteiger charge is 2.16. The molecule has 204 valence electrons. The molecule has 0 saturated carbocycles. The third-order valence-electron chi connectivity index (χ3n) is 6.06. The molecule has 9 heteroatoms. The van der Waals surface area contributed by atoms with Gasteiger partial charge in [0.05, 0.1) is 11.4 Å². The summed E-state index contributed by atoms with van der Waals surface area (Å²) in [5.74, 6) is -0.832. The van der Waals surface area contributed by atoms with Gasteiger partial charge < -0.3 is 20.9 Å². The molecular weight excluding hydrogens is 600 g/mol. The van der Waals surface area contributed by atoms with Gasteiger partial charge in [0.25, 0.3) is 11.8 Å². The molecular formula is C32H25BrN4O3S. The largest absolute Gasteiger partial charge is 0.361 e. The van der Waals surface area contributed by atoms with Gasteiger partial charge in [-0.2, -0.15) is 0 Å². The third-order valence-corrected chi connectivity index (χ3v) is 7.74. The number of para-hydroxylation sites is 2. The number of amides is 3. The number of fused-ring (bicyclic) bond motifs is 1. The third kappa shape index (κ3) is 7.33. The van der Waals surface area contributed by atoms with Crippen LogP contribution < -0.4 is 16.0 Å². The molecule has 0 radical (unpaired) electrons. The van der Waals surface area contributed by atoms with Crippen LogP contribution in [-0.4, -0.2) is 28.5 Å². The first-order valence-electron chi connectivity index (χ1n) is 12.7. The molecule has 0 aliphatic heterocycles. The van der Waals surface area contributed by atoms with Crippen LogP contribution in [0, 0.1) is 0 Å². The first kappa shape index (κ1) is 27.9. The molecule has 7 nitrogen and oxygen atoms in total. The number of aromatic amines is 1. The maximum Gasteiger partial charge on any atom is 0.272 e. The van der Waals surface area contributed by atoms with Crippen LogP contribution in [0.15, 0.2) is 124 Å². The van der Waals surface area contributed by atoms with Crippen molar-refractivity contribution in [2.75, 3.05) is 16.4 Å². The number of anilines is 2. The molecule has 0 aliphatic rings. The minimum atomic E-state index is -0.478. The van der Waals surface area contributed by atoms with E-state index < -0.39 is 11.8 Å². The van der Waals surface area contributed by atoms with E-state index in [9.17, 15) is 14.4 Å². The van der Waals surface area contributed by atoms with Gasteiger partial charge in [0.2, 0.25) is 5.91 Å². The molecule has 0 unspecified atom stereocenters. The summed E-state index contributed by atoms with van der Waals surface area (Å²) in [4.78, 5) is 42.9. The number of aromatic nitrogens is 1. The average molecular weight is 626 g/mol. The van der Waals surface area contributed by atoms with Crippen molar-refractivity contribution >= 4 is 73.8 Å². The maximum absolute atomic E-state index is 13.5. The molecule has 4 N–H and O–H groups in total. The van der Waals surface area contributed by atoms with Gasteiger partial charge in [-0.3, -0.25) is 14.4 Å². The Labute approximate surface area is 249 Å². The Morgan fingerprint density at radius 1 is 0.829 bits per heavy atom. The molecule has 0 bridgehead atoms. The van der Waals surface area contributed by atoms with Crippen LogP contribution >= 0.6 is 27.7 Å². The van der Waals surface area contributed by atoms with Crippen LogP contribution in [0.1, 0.15) is 15.9 Å². The van der Waals surface area contributed by atoms with Crippen molar-refractivity contribution in [2.45, 2.75) is 4.90 Å². The minimum Gasteiger partial charge on any atom is -0.361 e. The Morgan fingerprint density at radius 2 is 1.59 bits per heavy atom. The Kier molecular flexibility index (Phi) is 8.98. The van der Waals surface area contributed by atoms with Crippen LogP contribution in [0.2, 0.25) is 0 Å². The quantitative estimate of drug-likeness (QED) is 0.104. The van der Waals surface area contributed by atoms with Crippen LogP contribution in [-0.2, 0) is 9.59 Å². The predicted octanol–water partition coefficient (Wildman–Crippen LogP) is 7.07.